The fourth-order valence-corrected chi connectivity index (χ4v) is 2.32. The van der Waals surface area contributed by atoms with Crippen molar-refractivity contribution in [1.29, 1.82) is 0 Å². The molecule has 1 N–H and O–H groups in total. The molecule has 1 aliphatic carbocycles. The number of hydrogen-bond donors (Lipinski definition) is 1. The lowest BCUT2D eigenvalue weighted by molar-refractivity contribution is -0.134. The van der Waals surface area contributed by atoms with E-state index in [1.807, 2.05) is 0 Å². The number of aliphatic carboxylic acids is 1. The van der Waals surface area contributed by atoms with Crippen LogP contribution in [-0.2, 0) is 4.79 Å². The molecule has 0 aliphatic heterocycles. The first kappa shape index (κ1) is 10.3. The van der Waals surface area contributed by atoms with E-state index in [0.717, 1.165) is 32.1 Å². The van der Waals surface area contributed by atoms with E-state index < -0.39 is 5.97 Å². The fraction of sp³-hybridized carbons (Fsp3) is 0.727. The second-order valence-electron chi connectivity index (χ2n) is 3.98. The minimum Gasteiger partial charge on any atom is -0.478 e. The Morgan fingerprint density at radius 3 is 2.31 bits per heavy atom. The summed E-state index contributed by atoms with van der Waals surface area (Å²) in [5.41, 5.74) is 0.332. The van der Waals surface area contributed by atoms with Crippen molar-refractivity contribution in [2.75, 3.05) is 0 Å². The molecule has 0 bridgehead atoms. The molecule has 0 aromatic heterocycles. The normalized spacial score (nSPS) is 21.0. The third-order valence-corrected chi connectivity index (χ3v) is 3.39. The van der Waals surface area contributed by atoms with E-state index in [4.69, 9.17) is 5.11 Å². The predicted molar refractivity (Wildman–Crippen MR) is 52.6 cm³/mol. The molecule has 0 amide bonds. The molecular weight excluding hydrogens is 164 g/mol. The van der Waals surface area contributed by atoms with Crippen LogP contribution in [0.5, 0.6) is 0 Å². The molecule has 1 fully saturated rings. The molecule has 0 heterocycles. The van der Waals surface area contributed by atoms with Crippen molar-refractivity contribution in [1.82, 2.24) is 0 Å². The lowest BCUT2D eigenvalue weighted by Crippen LogP contribution is -2.29. The smallest absolute Gasteiger partial charge is 0.331 e. The van der Waals surface area contributed by atoms with Crippen LogP contribution in [0.3, 0.4) is 0 Å². The van der Waals surface area contributed by atoms with Crippen molar-refractivity contribution in [3.05, 3.63) is 12.2 Å². The molecule has 0 saturated heterocycles. The summed E-state index contributed by atoms with van der Waals surface area (Å²) in [5.74, 6) is -0.816. The lowest BCUT2D eigenvalue weighted by Gasteiger charge is -2.36. The summed E-state index contributed by atoms with van der Waals surface area (Å²) >= 11 is 0. The van der Waals surface area contributed by atoms with E-state index in [1.165, 1.54) is 6.42 Å². The second-order valence-corrected chi connectivity index (χ2v) is 3.98. The highest BCUT2D eigenvalue weighted by atomic mass is 16.4. The monoisotopic (exact) mass is 182 g/mol. The van der Waals surface area contributed by atoms with E-state index in [9.17, 15) is 4.79 Å². The molecule has 1 saturated carbocycles. The van der Waals surface area contributed by atoms with E-state index >= 15 is 0 Å². The van der Waals surface area contributed by atoms with Crippen LogP contribution in [0.15, 0.2) is 12.2 Å². The minimum atomic E-state index is -0.816. The number of rotatable bonds is 3. The van der Waals surface area contributed by atoms with Crippen LogP contribution < -0.4 is 0 Å². The Bertz CT molecular complexity index is 212. The van der Waals surface area contributed by atoms with Gasteiger partial charge in [0.25, 0.3) is 0 Å². The summed E-state index contributed by atoms with van der Waals surface area (Å²) in [4.78, 5) is 10.9. The summed E-state index contributed by atoms with van der Waals surface area (Å²) in [6.45, 7) is 5.79. The van der Waals surface area contributed by atoms with Gasteiger partial charge in [0.2, 0.25) is 0 Å². The first-order chi connectivity index (χ1) is 6.12. The van der Waals surface area contributed by atoms with Gasteiger partial charge in [0.05, 0.1) is 0 Å². The first-order valence-electron chi connectivity index (χ1n) is 5.05. The Hall–Kier alpha value is -0.790. The van der Waals surface area contributed by atoms with Crippen molar-refractivity contribution in [3.63, 3.8) is 0 Å². The summed E-state index contributed by atoms with van der Waals surface area (Å²) in [6, 6.07) is 0. The molecule has 0 unspecified atom stereocenters. The maximum absolute atomic E-state index is 10.9. The summed E-state index contributed by atoms with van der Waals surface area (Å²) in [6.07, 6.45) is 6.48. The molecule has 1 rings (SSSR count). The maximum atomic E-state index is 10.9. The SMILES string of the molecule is C=C(C(=O)O)C1(CC)CCCCC1. The molecule has 2 heteroatoms. The molecule has 0 aromatic rings. The first-order valence-corrected chi connectivity index (χ1v) is 5.05. The van der Waals surface area contributed by atoms with Crippen molar-refractivity contribution in [2.24, 2.45) is 5.41 Å². The Morgan fingerprint density at radius 1 is 1.38 bits per heavy atom. The standard InChI is InChI=1S/C11H18O2/c1-3-11(9(2)10(12)13)7-5-4-6-8-11/h2-8H2,1H3,(H,12,13). The average molecular weight is 182 g/mol. The minimum absolute atomic E-state index is 0.0932. The zero-order valence-corrected chi connectivity index (χ0v) is 8.31. The van der Waals surface area contributed by atoms with Gasteiger partial charge in [-0.05, 0) is 19.3 Å². The highest BCUT2D eigenvalue weighted by Gasteiger charge is 2.35. The van der Waals surface area contributed by atoms with E-state index in [-0.39, 0.29) is 5.41 Å². The van der Waals surface area contributed by atoms with E-state index in [0.29, 0.717) is 5.57 Å². The number of carboxylic acid groups (broad SMARTS) is 1. The van der Waals surface area contributed by atoms with Crippen LogP contribution >= 0.6 is 0 Å². The van der Waals surface area contributed by atoms with Crippen molar-refractivity contribution < 1.29 is 9.90 Å². The molecule has 0 radical (unpaired) electrons. The third-order valence-electron chi connectivity index (χ3n) is 3.39. The van der Waals surface area contributed by atoms with Crippen LogP contribution in [0.1, 0.15) is 45.4 Å². The summed E-state index contributed by atoms with van der Waals surface area (Å²) in [7, 11) is 0. The van der Waals surface area contributed by atoms with Gasteiger partial charge in [-0.25, -0.2) is 4.79 Å². The van der Waals surface area contributed by atoms with Crippen LogP contribution in [0.4, 0.5) is 0 Å². The van der Waals surface area contributed by atoms with Crippen molar-refractivity contribution >= 4 is 5.97 Å². The molecule has 2 nitrogen and oxygen atoms in total. The highest BCUT2D eigenvalue weighted by Crippen LogP contribution is 2.44. The highest BCUT2D eigenvalue weighted by molar-refractivity contribution is 5.87. The fourth-order valence-electron chi connectivity index (χ4n) is 2.32. The largest absolute Gasteiger partial charge is 0.478 e. The number of hydrogen-bond acceptors (Lipinski definition) is 1. The van der Waals surface area contributed by atoms with Gasteiger partial charge in [-0.3, -0.25) is 0 Å². The Labute approximate surface area is 79.6 Å². The Balaban J connectivity index is 2.78. The molecule has 13 heavy (non-hydrogen) atoms. The molecular formula is C11H18O2. The molecule has 0 atom stereocenters. The zero-order chi connectivity index (χ0) is 9.90. The van der Waals surface area contributed by atoms with Crippen LogP contribution in [0.2, 0.25) is 0 Å². The van der Waals surface area contributed by atoms with Crippen LogP contribution in [0.25, 0.3) is 0 Å². The van der Waals surface area contributed by atoms with Gasteiger partial charge < -0.3 is 5.11 Å². The van der Waals surface area contributed by atoms with Gasteiger partial charge in [-0.2, -0.15) is 0 Å². The van der Waals surface area contributed by atoms with Gasteiger partial charge in [0.1, 0.15) is 0 Å². The van der Waals surface area contributed by atoms with Crippen LogP contribution in [0, 0.1) is 5.41 Å². The number of carboxylic acids is 1. The number of carbonyl (C=O) groups is 1. The van der Waals surface area contributed by atoms with Crippen molar-refractivity contribution in [3.8, 4) is 0 Å². The second kappa shape index (κ2) is 3.95. The van der Waals surface area contributed by atoms with Crippen molar-refractivity contribution in [2.45, 2.75) is 45.4 Å². The summed E-state index contributed by atoms with van der Waals surface area (Å²) in [5, 5.41) is 8.93. The third kappa shape index (κ3) is 1.93. The topological polar surface area (TPSA) is 37.3 Å². The lowest BCUT2D eigenvalue weighted by atomic mass is 9.68. The van der Waals surface area contributed by atoms with Crippen LogP contribution in [-0.4, -0.2) is 11.1 Å². The van der Waals surface area contributed by atoms with Gasteiger partial charge in [-0.1, -0.05) is 32.8 Å². The average Bonchev–Trinajstić information content (AvgIpc) is 2.17. The molecule has 0 spiro atoms. The van der Waals surface area contributed by atoms with E-state index in [2.05, 4.69) is 13.5 Å². The maximum Gasteiger partial charge on any atom is 0.331 e. The molecule has 1 aliphatic rings. The van der Waals surface area contributed by atoms with Gasteiger partial charge in [-0.15, -0.1) is 0 Å². The Morgan fingerprint density at radius 2 is 1.92 bits per heavy atom. The zero-order valence-electron chi connectivity index (χ0n) is 8.31. The summed E-state index contributed by atoms with van der Waals surface area (Å²) < 4.78 is 0. The quantitative estimate of drug-likeness (QED) is 0.681. The van der Waals surface area contributed by atoms with E-state index in [1.54, 1.807) is 0 Å². The molecule has 74 valence electrons. The van der Waals surface area contributed by atoms with Gasteiger partial charge in [0, 0.05) is 11.0 Å². The van der Waals surface area contributed by atoms with Gasteiger partial charge in [0.15, 0.2) is 0 Å². The molecule has 0 aromatic carbocycles. The Kier molecular flexibility index (Phi) is 3.12. The van der Waals surface area contributed by atoms with Gasteiger partial charge >= 0.3 is 5.97 Å². The predicted octanol–water partition coefficient (Wildman–Crippen LogP) is 2.99.